The zero-order chi connectivity index (χ0) is 19.3. The summed E-state index contributed by atoms with van der Waals surface area (Å²) in [7, 11) is 0. The number of nitrogens with one attached hydrogen (secondary N) is 1. The second-order valence-electron chi connectivity index (χ2n) is 6.84. The second kappa shape index (κ2) is 8.68. The molecule has 142 valence electrons. The quantitative estimate of drug-likeness (QED) is 0.531. The van der Waals surface area contributed by atoms with E-state index >= 15 is 0 Å². The van der Waals surface area contributed by atoms with Gasteiger partial charge in [0.05, 0.1) is 11.3 Å². The van der Waals surface area contributed by atoms with Crippen molar-refractivity contribution in [1.29, 1.82) is 0 Å². The molecular formula is C22H21IN4O. The highest BCUT2D eigenvalue weighted by molar-refractivity contribution is 14.1. The van der Waals surface area contributed by atoms with E-state index in [1.54, 1.807) is 0 Å². The van der Waals surface area contributed by atoms with Crippen molar-refractivity contribution in [3.05, 3.63) is 69.8 Å². The van der Waals surface area contributed by atoms with Gasteiger partial charge < -0.3 is 10.2 Å². The van der Waals surface area contributed by atoms with Crippen molar-refractivity contribution in [2.45, 2.75) is 19.3 Å². The molecule has 2 aromatic carbocycles. The van der Waals surface area contributed by atoms with E-state index in [2.05, 4.69) is 43.0 Å². The Balaban J connectivity index is 1.50. The predicted molar refractivity (Wildman–Crippen MR) is 121 cm³/mol. The molecule has 0 bridgehead atoms. The molecule has 1 fully saturated rings. The first-order valence-corrected chi connectivity index (χ1v) is 10.5. The number of nitrogens with zero attached hydrogens (tertiary/aromatic N) is 3. The lowest BCUT2D eigenvalue weighted by Crippen LogP contribution is -2.30. The maximum absolute atomic E-state index is 12.6. The minimum Gasteiger partial charge on any atom is -0.355 e. The highest BCUT2D eigenvalue weighted by Gasteiger charge is 2.13. The van der Waals surface area contributed by atoms with Crippen LogP contribution in [0, 0.1) is 3.57 Å². The summed E-state index contributed by atoms with van der Waals surface area (Å²) in [5.41, 5.74) is 3.13. The lowest BCUT2D eigenvalue weighted by molar-refractivity contribution is 0.102. The van der Waals surface area contributed by atoms with Gasteiger partial charge in [0.15, 0.2) is 5.82 Å². The molecule has 1 amide bonds. The number of carbonyl (C=O) groups excluding carboxylic acids is 1. The summed E-state index contributed by atoms with van der Waals surface area (Å²) in [5.74, 6) is 0.820. The topological polar surface area (TPSA) is 58.1 Å². The molecule has 3 aromatic rings. The first-order valence-electron chi connectivity index (χ1n) is 9.46. The fraction of sp³-hybridized carbons (Fsp3) is 0.227. The Hall–Kier alpha value is -2.48. The van der Waals surface area contributed by atoms with Crippen molar-refractivity contribution in [3.63, 3.8) is 0 Å². The molecule has 0 saturated carbocycles. The number of anilines is 2. The zero-order valence-electron chi connectivity index (χ0n) is 15.4. The number of carbonyl (C=O) groups is 1. The van der Waals surface area contributed by atoms with Crippen molar-refractivity contribution >= 4 is 40.0 Å². The Morgan fingerprint density at radius 1 is 0.929 bits per heavy atom. The number of hydrogen-bond donors (Lipinski definition) is 1. The van der Waals surface area contributed by atoms with E-state index in [-0.39, 0.29) is 5.91 Å². The van der Waals surface area contributed by atoms with Gasteiger partial charge in [-0.3, -0.25) is 4.79 Å². The Bertz CT molecular complexity index is 968. The van der Waals surface area contributed by atoms with E-state index in [1.165, 1.54) is 19.3 Å². The third kappa shape index (κ3) is 4.32. The van der Waals surface area contributed by atoms with Crippen LogP contribution in [0.4, 0.5) is 11.5 Å². The molecule has 1 aromatic heterocycles. The van der Waals surface area contributed by atoms with Crippen molar-refractivity contribution < 1.29 is 4.79 Å². The van der Waals surface area contributed by atoms with Gasteiger partial charge in [-0.25, -0.2) is 0 Å². The van der Waals surface area contributed by atoms with Crippen LogP contribution in [-0.2, 0) is 0 Å². The van der Waals surface area contributed by atoms with E-state index < -0.39 is 0 Å². The lowest BCUT2D eigenvalue weighted by atomic mass is 10.1. The zero-order valence-corrected chi connectivity index (χ0v) is 17.6. The van der Waals surface area contributed by atoms with Gasteiger partial charge in [-0.15, -0.1) is 10.2 Å². The van der Waals surface area contributed by atoms with Gasteiger partial charge in [-0.2, -0.15) is 0 Å². The van der Waals surface area contributed by atoms with Crippen LogP contribution >= 0.6 is 22.6 Å². The fourth-order valence-electron chi connectivity index (χ4n) is 3.37. The molecule has 4 rings (SSSR count). The summed E-state index contributed by atoms with van der Waals surface area (Å²) >= 11 is 2.17. The fourth-order valence-corrected chi connectivity index (χ4v) is 4.00. The number of piperidine rings is 1. The molecule has 2 heterocycles. The van der Waals surface area contributed by atoms with Crippen LogP contribution < -0.4 is 10.2 Å². The molecule has 1 aliphatic rings. The van der Waals surface area contributed by atoms with Crippen LogP contribution in [0.25, 0.3) is 11.3 Å². The Morgan fingerprint density at radius 3 is 2.50 bits per heavy atom. The molecule has 1 aliphatic heterocycles. The average molecular weight is 484 g/mol. The SMILES string of the molecule is O=C(Nc1cccc(-c2ccc(N3CCCCC3)nn2)c1)c1ccccc1I. The monoisotopic (exact) mass is 484 g/mol. The van der Waals surface area contributed by atoms with E-state index in [4.69, 9.17) is 0 Å². The van der Waals surface area contributed by atoms with Crippen molar-refractivity contribution in [3.8, 4) is 11.3 Å². The van der Waals surface area contributed by atoms with Crippen LogP contribution in [0.3, 0.4) is 0 Å². The highest BCUT2D eigenvalue weighted by atomic mass is 127. The van der Waals surface area contributed by atoms with Gasteiger partial charge in [0, 0.05) is 27.9 Å². The second-order valence-corrected chi connectivity index (χ2v) is 8.00. The molecule has 0 radical (unpaired) electrons. The molecule has 28 heavy (non-hydrogen) atoms. The van der Waals surface area contributed by atoms with Crippen LogP contribution in [0.15, 0.2) is 60.7 Å². The lowest BCUT2D eigenvalue weighted by Gasteiger charge is -2.27. The molecule has 1 saturated heterocycles. The average Bonchev–Trinajstić information content (AvgIpc) is 2.75. The Morgan fingerprint density at radius 2 is 1.75 bits per heavy atom. The molecule has 0 atom stereocenters. The van der Waals surface area contributed by atoms with E-state index in [1.807, 2.05) is 60.7 Å². The maximum atomic E-state index is 12.6. The van der Waals surface area contributed by atoms with E-state index in [0.29, 0.717) is 5.56 Å². The predicted octanol–water partition coefficient (Wildman–Crippen LogP) is 4.99. The molecular weight excluding hydrogens is 463 g/mol. The standard InChI is InChI=1S/C22H21IN4O/c23-19-10-3-2-9-18(19)22(28)24-17-8-6-7-16(15-17)20-11-12-21(26-25-20)27-13-4-1-5-14-27/h2-3,6-12,15H,1,4-5,13-14H2,(H,24,28). The minimum atomic E-state index is -0.117. The number of halogens is 1. The first-order chi connectivity index (χ1) is 13.7. The van der Waals surface area contributed by atoms with Crippen molar-refractivity contribution in [2.75, 3.05) is 23.3 Å². The number of hydrogen-bond acceptors (Lipinski definition) is 4. The summed E-state index contributed by atoms with van der Waals surface area (Å²) in [6.07, 6.45) is 3.72. The summed E-state index contributed by atoms with van der Waals surface area (Å²) < 4.78 is 0.924. The van der Waals surface area contributed by atoms with Crippen molar-refractivity contribution in [2.24, 2.45) is 0 Å². The van der Waals surface area contributed by atoms with Crippen LogP contribution in [-0.4, -0.2) is 29.2 Å². The summed E-state index contributed by atoms with van der Waals surface area (Å²) in [4.78, 5) is 14.8. The minimum absolute atomic E-state index is 0.117. The third-order valence-electron chi connectivity index (χ3n) is 4.87. The van der Waals surface area contributed by atoms with Crippen LogP contribution in [0.1, 0.15) is 29.6 Å². The van der Waals surface area contributed by atoms with Gasteiger partial charge in [-0.1, -0.05) is 24.3 Å². The highest BCUT2D eigenvalue weighted by Crippen LogP contribution is 2.24. The van der Waals surface area contributed by atoms with Gasteiger partial charge in [-0.05, 0) is 78.3 Å². The van der Waals surface area contributed by atoms with E-state index in [0.717, 1.165) is 39.4 Å². The Kier molecular flexibility index (Phi) is 5.85. The molecule has 0 aliphatic carbocycles. The molecule has 1 N–H and O–H groups in total. The number of amides is 1. The van der Waals surface area contributed by atoms with Crippen LogP contribution in [0.5, 0.6) is 0 Å². The van der Waals surface area contributed by atoms with Gasteiger partial charge in [0.2, 0.25) is 0 Å². The van der Waals surface area contributed by atoms with Gasteiger partial charge in [0.1, 0.15) is 0 Å². The van der Waals surface area contributed by atoms with E-state index in [9.17, 15) is 4.79 Å². The number of benzene rings is 2. The smallest absolute Gasteiger partial charge is 0.256 e. The van der Waals surface area contributed by atoms with Crippen LogP contribution in [0.2, 0.25) is 0 Å². The van der Waals surface area contributed by atoms with Gasteiger partial charge in [0.25, 0.3) is 5.91 Å². The maximum Gasteiger partial charge on any atom is 0.256 e. The summed E-state index contributed by atoms with van der Waals surface area (Å²) in [6.45, 7) is 2.10. The molecule has 6 heteroatoms. The summed E-state index contributed by atoms with van der Waals surface area (Å²) in [5, 5.41) is 11.8. The van der Waals surface area contributed by atoms with Gasteiger partial charge >= 0.3 is 0 Å². The largest absolute Gasteiger partial charge is 0.355 e. The molecule has 0 unspecified atom stereocenters. The molecule has 5 nitrogen and oxygen atoms in total. The van der Waals surface area contributed by atoms with Crippen molar-refractivity contribution in [1.82, 2.24) is 10.2 Å². The summed E-state index contributed by atoms with van der Waals surface area (Å²) in [6, 6.07) is 19.3. The Labute approximate surface area is 178 Å². The third-order valence-corrected chi connectivity index (χ3v) is 5.81. The molecule has 0 spiro atoms. The number of rotatable bonds is 4. The number of aromatic nitrogens is 2. The normalized spacial score (nSPS) is 14.0. The first kappa shape index (κ1) is 18.9.